The summed E-state index contributed by atoms with van der Waals surface area (Å²) in [4.78, 5) is 45.6. The second-order valence-electron chi connectivity index (χ2n) is 8.81. The van der Waals surface area contributed by atoms with Gasteiger partial charge in [0, 0.05) is 22.2 Å². The highest BCUT2D eigenvalue weighted by molar-refractivity contribution is 6.35. The van der Waals surface area contributed by atoms with E-state index in [-0.39, 0.29) is 10.7 Å². The van der Waals surface area contributed by atoms with Gasteiger partial charge in [0.05, 0.1) is 22.3 Å². The second kappa shape index (κ2) is 8.85. The molecule has 184 valence electrons. The number of nitro groups is 1. The summed E-state index contributed by atoms with van der Waals surface area (Å²) in [5.41, 5.74) is 1.10. The van der Waals surface area contributed by atoms with E-state index in [0.717, 1.165) is 15.7 Å². The van der Waals surface area contributed by atoms with Crippen molar-refractivity contribution in [2.45, 2.75) is 12.1 Å². The van der Waals surface area contributed by atoms with Crippen LogP contribution in [0.15, 0.2) is 84.9 Å². The number of rotatable bonds is 4. The molecule has 2 aliphatic rings. The minimum Gasteiger partial charge on any atom is -0.273 e. The lowest BCUT2D eigenvalue weighted by molar-refractivity contribution is -0.384. The summed E-state index contributed by atoms with van der Waals surface area (Å²) < 4.78 is 0. The van der Waals surface area contributed by atoms with Crippen LogP contribution in [0, 0.1) is 16.0 Å². The van der Waals surface area contributed by atoms with Crippen molar-refractivity contribution in [3.8, 4) is 0 Å². The minimum atomic E-state index is -1.14. The summed E-state index contributed by atoms with van der Waals surface area (Å²) in [7, 11) is 0. The number of nitrogens with zero attached hydrogens (tertiary/aromatic N) is 3. The van der Waals surface area contributed by atoms with Gasteiger partial charge in [0.25, 0.3) is 11.6 Å². The van der Waals surface area contributed by atoms with Gasteiger partial charge in [0.15, 0.2) is 6.10 Å². The van der Waals surface area contributed by atoms with Crippen LogP contribution in [0.4, 0.5) is 17.1 Å². The molecule has 6 rings (SSSR count). The van der Waals surface area contributed by atoms with Crippen molar-refractivity contribution < 1.29 is 19.3 Å². The smallest absolute Gasteiger partial charge is 0.271 e. The molecule has 2 amide bonds. The molecule has 2 heterocycles. The first kappa shape index (κ1) is 23.4. The molecule has 0 spiro atoms. The zero-order chi connectivity index (χ0) is 25.8. The van der Waals surface area contributed by atoms with E-state index in [4.69, 9.17) is 28.0 Å². The third kappa shape index (κ3) is 3.81. The standard InChI is InChI=1S/C27H17Cl2N3O5/c28-17-9-11-21(22(29)13-17)24-23-25(37-31(24)19-6-3-7-20(14-19)32(35)36)27(34)30(26(23)33)18-10-8-15-4-1-2-5-16(15)12-18/h1-14,23-25H/t23-,24+,25+/m1/s1. The molecule has 2 saturated heterocycles. The number of hydrogen-bond acceptors (Lipinski definition) is 6. The Balaban J connectivity index is 1.45. The van der Waals surface area contributed by atoms with Gasteiger partial charge in [-0.15, -0.1) is 0 Å². The lowest BCUT2D eigenvalue weighted by Gasteiger charge is -2.29. The van der Waals surface area contributed by atoms with Crippen LogP contribution < -0.4 is 9.96 Å². The van der Waals surface area contributed by atoms with Crippen LogP contribution in [0.25, 0.3) is 10.8 Å². The lowest BCUT2D eigenvalue weighted by atomic mass is 9.90. The lowest BCUT2D eigenvalue weighted by Crippen LogP contribution is -2.37. The summed E-state index contributed by atoms with van der Waals surface area (Å²) in [5.74, 6) is -1.92. The fourth-order valence-corrected chi connectivity index (χ4v) is 5.53. The molecule has 8 nitrogen and oxygen atoms in total. The van der Waals surface area contributed by atoms with E-state index < -0.39 is 34.8 Å². The van der Waals surface area contributed by atoms with Crippen molar-refractivity contribution in [2.75, 3.05) is 9.96 Å². The number of non-ortho nitro benzene ring substituents is 1. The maximum absolute atomic E-state index is 13.9. The van der Waals surface area contributed by atoms with Gasteiger partial charge < -0.3 is 0 Å². The van der Waals surface area contributed by atoms with Crippen LogP contribution in [0.5, 0.6) is 0 Å². The summed E-state index contributed by atoms with van der Waals surface area (Å²) in [6, 6.07) is 22.8. The molecule has 10 heteroatoms. The van der Waals surface area contributed by atoms with Gasteiger partial charge in [-0.1, -0.05) is 65.7 Å². The van der Waals surface area contributed by atoms with E-state index in [9.17, 15) is 19.7 Å². The molecular weight excluding hydrogens is 517 g/mol. The number of nitro benzene ring substituents is 1. The van der Waals surface area contributed by atoms with Gasteiger partial charge in [0.1, 0.15) is 5.92 Å². The van der Waals surface area contributed by atoms with Gasteiger partial charge in [0.2, 0.25) is 5.91 Å². The Morgan fingerprint density at radius 2 is 1.59 bits per heavy atom. The number of hydrogen-bond donors (Lipinski definition) is 0. The maximum atomic E-state index is 13.9. The quantitative estimate of drug-likeness (QED) is 0.178. The molecule has 0 N–H and O–H groups in total. The number of fused-ring (bicyclic) bond motifs is 2. The Bertz CT molecular complexity index is 1610. The number of hydroxylamine groups is 1. The zero-order valence-electron chi connectivity index (χ0n) is 19.0. The first-order chi connectivity index (χ1) is 17.8. The molecule has 2 fully saturated rings. The molecule has 2 aliphatic heterocycles. The molecular formula is C27H17Cl2N3O5. The number of imide groups is 1. The molecule has 0 saturated carbocycles. The van der Waals surface area contributed by atoms with Gasteiger partial charge in [-0.05, 0) is 46.7 Å². The topological polar surface area (TPSA) is 93.0 Å². The van der Waals surface area contributed by atoms with Crippen molar-refractivity contribution in [3.05, 3.63) is 111 Å². The predicted molar refractivity (Wildman–Crippen MR) is 140 cm³/mol. The van der Waals surface area contributed by atoms with E-state index in [1.54, 1.807) is 36.4 Å². The number of carbonyl (C=O) groups excluding carboxylic acids is 2. The average molecular weight is 534 g/mol. The zero-order valence-corrected chi connectivity index (χ0v) is 20.5. The highest BCUT2D eigenvalue weighted by atomic mass is 35.5. The van der Waals surface area contributed by atoms with Crippen molar-refractivity contribution in [1.29, 1.82) is 0 Å². The van der Waals surface area contributed by atoms with E-state index in [2.05, 4.69) is 0 Å². The van der Waals surface area contributed by atoms with Crippen LogP contribution in [0.1, 0.15) is 11.6 Å². The third-order valence-electron chi connectivity index (χ3n) is 6.68. The molecule has 0 aliphatic carbocycles. The monoisotopic (exact) mass is 533 g/mol. The number of carbonyl (C=O) groups is 2. The first-order valence-corrected chi connectivity index (χ1v) is 12.1. The molecule has 0 unspecified atom stereocenters. The van der Waals surface area contributed by atoms with Crippen LogP contribution in [0.2, 0.25) is 10.0 Å². The van der Waals surface area contributed by atoms with E-state index in [0.29, 0.717) is 22.0 Å². The largest absolute Gasteiger partial charge is 0.273 e. The molecule has 4 aromatic carbocycles. The van der Waals surface area contributed by atoms with Crippen LogP contribution >= 0.6 is 23.2 Å². The van der Waals surface area contributed by atoms with Crippen LogP contribution in [-0.2, 0) is 14.4 Å². The molecule has 0 radical (unpaired) electrons. The van der Waals surface area contributed by atoms with E-state index in [1.165, 1.54) is 23.3 Å². The predicted octanol–water partition coefficient (Wildman–Crippen LogP) is 6.11. The Morgan fingerprint density at radius 3 is 2.35 bits per heavy atom. The summed E-state index contributed by atoms with van der Waals surface area (Å²) in [6.45, 7) is 0. The Kier molecular flexibility index (Phi) is 5.60. The first-order valence-electron chi connectivity index (χ1n) is 11.4. The molecule has 37 heavy (non-hydrogen) atoms. The highest BCUT2D eigenvalue weighted by Gasteiger charge is 2.60. The minimum absolute atomic E-state index is 0.158. The fourth-order valence-electron chi connectivity index (χ4n) is 5.01. The summed E-state index contributed by atoms with van der Waals surface area (Å²) >= 11 is 12.7. The van der Waals surface area contributed by atoms with E-state index in [1.807, 2.05) is 30.3 Å². The Labute approximate surface area is 220 Å². The van der Waals surface area contributed by atoms with Gasteiger partial charge in [-0.2, -0.15) is 0 Å². The SMILES string of the molecule is O=C1[C@H]2[C@H](ON(c3cccc([N+](=O)[O-])c3)[C@H]2c2ccc(Cl)cc2Cl)C(=O)N1c1ccc2ccccc2c1. The number of amides is 2. The van der Waals surface area contributed by atoms with Crippen LogP contribution in [-0.4, -0.2) is 22.8 Å². The van der Waals surface area contributed by atoms with Crippen molar-refractivity contribution in [2.24, 2.45) is 5.92 Å². The Hall–Kier alpha value is -3.98. The second-order valence-corrected chi connectivity index (χ2v) is 9.65. The van der Waals surface area contributed by atoms with Crippen molar-refractivity contribution in [3.63, 3.8) is 0 Å². The maximum Gasteiger partial charge on any atom is 0.271 e. The summed E-state index contributed by atoms with van der Waals surface area (Å²) in [6.07, 6.45) is -1.14. The van der Waals surface area contributed by atoms with E-state index >= 15 is 0 Å². The fraction of sp³-hybridized carbons (Fsp3) is 0.111. The number of anilines is 2. The number of halogens is 2. The van der Waals surface area contributed by atoms with Crippen molar-refractivity contribution in [1.82, 2.24) is 0 Å². The van der Waals surface area contributed by atoms with Gasteiger partial charge in [-0.25, -0.2) is 9.96 Å². The number of benzene rings is 4. The molecule has 3 atom stereocenters. The van der Waals surface area contributed by atoms with Crippen molar-refractivity contribution >= 4 is 62.9 Å². The normalized spacial score (nSPS) is 21.1. The highest BCUT2D eigenvalue weighted by Crippen LogP contribution is 2.49. The third-order valence-corrected chi connectivity index (χ3v) is 7.25. The average Bonchev–Trinajstić information content (AvgIpc) is 3.39. The van der Waals surface area contributed by atoms with Gasteiger partial charge >= 0.3 is 0 Å². The molecule has 0 aromatic heterocycles. The van der Waals surface area contributed by atoms with Gasteiger partial charge in [-0.3, -0.25) is 24.5 Å². The Morgan fingerprint density at radius 1 is 0.811 bits per heavy atom. The van der Waals surface area contributed by atoms with Crippen LogP contribution in [0.3, 0.4) is 0 Å². The molecule has 4 aromatic rings. The molecule has 0 bridgehead atoms. The summed E-state index contributed by atoms with van der Waals surface area (Å²) in [5, 5.41) is 15.3.